The Bertz CT molecular complexity index is 315. The molecular formula is C13H23N3. The lowest BCUT2D eigenvalue weighted by Gasteiger charge is -2.15. The van der Waals surface area contributed by atoms with Crippen LogP contribution in [0.2, 0.25) is 0 Å². The van der Waals surface area contributed by atoms with Gasteiger partial charge in [0.2, 0.25) is 0 Å². The molecule has 0 unspecified atom stereocenters. The molecule has 0 radical (unpaired) electrons. The van der Waals surface area contributed by atoms with Crippen LogP contribution in [0.1, 0.15) is 25.3 Å². The Balaban J connectivity index is 1.60. The van der Waals surface area contributed by atoms with E-state index in [1.165, 1.54) is 24.9 Å². The van der Waals surface area contributed by atoms with Gasteiger partial charge in [-0.15, -0.1) is 0 Å². The van der Waals surface area contributed by atoms with Gasteiger partial charge in [-0.25, -0.2) is 0 Å². The highest BCUT2D eigenvalue weighted by atomic mass is 15.2. The van der Waals surface area contributed by atoms with Crippen molar-refractivity contribution < 1.29 is 0 Å². The van der Waals surface area contributed by atoms with Crippen molar-refractivity contribution >= 4 is 0 Å². The summed E-state index contributed by atoms with van der Waals surface area (Å²) in [4.78, 5) is 2.46. The van der Waals surface area contributed by atoms with Crippen LogP contribution in [-0.2, 0) is 13.1 Å². The van der Waals surface area contributed by atoms with Crippen LogP contribution in [0.15, 0.2) is 18.5 Å². The van der Waals surface area contributed by atoms with Crippen LogP contribution in [0.25, 0.3) is 0 Å². The van der Waals surface area contributed by atoms with Gasteiger partial charge in [-0.1, -0.05) is 0 Å². The average molecular weight is 221 g/mol. The van der Waals surface area contributed by atoms with Gasteiger partial charge in [-0.05, 0) is 38.4 Å². The predicted octanol–water partition coefficient (Wildman–Crippen LogP) is 1.69. The first kappa shape index (κ1) is 11.7. The minimum atomic E-state index is 0.878. The summed E-state index contributed by atoms with van der Waals surface area (Å²) in [5.74, 6) is 0. The molecule has 0 bridgehead atoms. The normalized spacial score (nSPS) is 15.9. The minimum Gasteiger partial charge on any atom is -0.354 e. The van der Waals surface area contributed by atoms with Crippen LogP contribution in [0, 0.1) is 0 Å². The Morgan fingerprint density at radius 1 is 1.50 bits per heavy atom. The van der Waals surface area contributed by atoms with Crippen molar-refractivity contribution in [3.8, 4) is 0 Å². The summed E-state index contributed by atoms with van der Waals surface area (Å²) in [6.45, 7) is 6.47. The van der Waals surface area contributed by atoms with Crippen molar-refractivity contribution in [1.29, 1.82) is 0 Å². The molecule has 0 aromatic carbocycles. The van der Waals surface area contributed by atoms with E-state index in [9.17, 15) is 0 Å². The smallest absolute Gasteiger partial charge is 0.0221 e. The lowest BCUT2D eigenvalue weighted by atomic mass is 10.3. The molecule has 16 heavy (non-hydrogen) atoms. The zero-order valence-electron chi connectivity index (χ0n) is 10.4. The van der Waals surface area contributed by atoms with Gasteiger partial charge >= 0.3 is 0 Å². The molecule has 3 heteroatoms. The fourth-order valence-corrected chi connectivity index (χ4v) is 1.98. The van der Waals surface area contributed by atoms with Crippen molar-refractivity contribution in [2.45, 2.75) is 38.9 Å². The molecule has 1 aromatic rings. The van der Waals surface area contributed by atoms with Crippen molar-refractivity contribution in [3.63, 3.8) is 0 Å². The second-order valence-corrected chi connectivity index (χ2v) is 4.74. The molecule has 1 aliphatic rings. The number of nitrogens with one attached hydrogen (secondary N) is 1. The van der Waals surface area contributed by atoms with Crippen molar-refractivity contribution in [2.24, 2.45) is 0 Å². The van der Waals surface area contributed by atoms with Gasteiger partial charge < -0.3 is 14.8 Å². The molecule has 3 nitrogen and oxygen atoms in total. The summed E-state index contributed by atoms with van der Waals surface area (Å²) in [6.07, 6.45) is 7.16. The van der Waals surface area contributed by atoms with Crippen LogP contribution in [0.5, 0.6) is 0 Å². The molecule has 1 aromatic heterocycles. The molecule has 1 N–H and O–H groups in total. The maximum Gasteiger partial charge on any atom is 0.0221 e. The van der Waals surface area contributed by atoms with Gasteiger partial charge in [0.15, 0.2) is 0 Å². The van der Waals surface area contributed by atoms with Gasteiger partial charge in [0.25, 0.3) is 0 Å². The predicted molar refractivity (Wildman–Crippen MR) is 67.5 cm³/mol. The number of rotatable bonds is 7. The molecule has 0 spiro atoms. The highest BCUT2D eigenvalue weighted by molar-refractivity contribution is 5.09. The summed E-state index contributed by atoms with van der Waals surface area (Å²) in [7, 11) is 2.23. The van der Waals surface area contributed by atoms with E-state index < -0.39 is 0 Å². The molecule has 2 rings (SSSR count). The molecule has 0 aliphatic heterocycles. The molecule has 0 saturated heterocycles. The van der Waals surface area contributed by atoms with E-state index in [-0.39, 0.29) is 0 Å². The summed E-state index contributed by atoms with van der Waals surface area (Å²) in [6, 6.07) is 3.07. The second-order valence-electron chi connectivity index (χ2n) is 4.74. The average Bonchev–Trinajstić information content (AvgIpc) is 3.04. The summed E-state index contributed by atoms with van der Waals surface area (Å²) in [5.41, 5.74) is 1.39. The molecule has 1 saturated carbocycles. The first-order chi connectivity index (χ1) is 7.79. The third-order valence-electron chi connectivity index (χ3n) is 3.32. The number of hydrogen-bond acceptors (Lipinski definition) is 2. The second kappa shape index (κ2) is 5.51. The molecule has 0 amide bonds. The zero-order chi connectivity index (χ0) is 11.4. The first-order valence-corrected chi connectivity index (χ1v) is 6.35. The van der Waals surface area contributed by atoms with E-state index in [1.54, 1.807) is 0 Å². The highest BCUT2D eigenvalue weighted by Crippen LogP contribution is 2.24. The Hall–Kier alpha value is -0.800. The highest BCUT2D eigenvalue weighted by Gasteiger charge is 2.25. The van der Waals surface area contributed by atoms with Crippen LogP contribution < -0.4 is 5.32 Å². The topological polar surface area (TPSA) is 20.2 Å². The SMILES string of the molecule is CCn1ccc(CNCCN(C)C2CC2)c1. The van der Waals surface area contributed by atoms with Crippen LogP contribution in [-0.4, -0.2) is 35.6 Å². The third kappa shape index (κ3) is 3.35. The Kier molecular flexibility index (Phi) is 4.02. The molecule has 0 atom stereocenters. The lowest BCUT2D eigenvalue weighted by molar-refractivity contribution is 0.321. The monoisotopic (exact) mass is 221 g/mol. The Morgan fingerprint density at radius 3 is 2.94 bits per heavy atom. The molecular weight excluding hydrogens is 198 g/mol. The van der Waals surface area contributed by atoms with Crippen molar-refractivity contribution in [2.75, 3.05) is 20.1 Å². The number of aromatic nitrogens is 1. The zero-order valence-corrected chi connectivity index (χ0v) is 10.4. The van der Waals surface area contributed by atoms with E-state index in [1.807, 2.05) is 0 Å². The summed E-state index contributed by atoms with van der Waals surface area (Å²) in [5, 5.41) is 3.50. The van der Waals surface area contributed by atoms with Crippen LogP contribution in [0.4, 0.5) is 0 Å². The molecule has 1 aliphatic carbocycles. The maximum atomic E-state index is 3.50. The maximum absolute atomic E-state index is 3.50. The van der Waals surface area contributed by atoms with E-state index in [4.69, 9.17) is 0 Å². The number of likely N-dealkylation sites (N-methyl/N-ethyl adjacent to an activating group) is 1. The standard InChI is InChI=1S/C13H23N3/c1-3-16-8-6-12(11-16)10-14-7-9-15(2)13-4-5-13/h6,8,11,13-14H,3-5,7,9-10H2,1-2H3. The molecule has 1 heterocycles. The molecule has 1 fully saturated rings. The largest absolute Gasteiger partial charge is 0.354 e. The van der Waals surface area contributed by atoms with Gasteiger partial charge in [0, 0.05) is 44.6 Å². The van der Waals surface area contributed by atoms with Gasteiger partial charge in [0.1, 0.15) is 0 Å². The van der Waals surface area contributed by atoms with E-state index in [0.29, 0.717) is 0 Å². The summed E-state index contributed by atoms with van der Waals surface area (Å²) >= 11 is 0. The fraction of sp³-hybridized carbons (Fsp3) is 0.692. The number of aryl methyl sites for hydroxylation is 1. The first-order valence-electron chi connectivity index (χ1n) is 6.35. The van der Waals surface area contributed by atoms with Crippen LogP contribution in [0.3, 0.4) is 0 Å². The lowest BCUT2D eigenvalue weighted by Crippen LogP contribution is -2.30. The third-order valence-corrected chi connectivity index (χ3v) is 3.32. The minimum absolute atomic E-state index is 0.878. The van der Waals surface area contributed by atoms with Gasteiger partial charge in [0.05, 0.1) is 0 Å². The van der Waals surface area contributed by atoms with Gasteiger partial charge in [-0.2, -0.15) is 0 Å². The van der Waals surface area contributed by atoms with E-state index in [2.05, 4.69) is 47.2 Å². The van der Waals surface area contributed by atoms with Crippen LogP contribution >= 0.6 is 0 Å². The van der Waals surface area contributed by atoms with Gasteiger partial charge in [-0.3, -0.25) is 0 Å². The van der Waals surface area contributed by atoms with E-state index in [0.717, 1.165) is 25.7 Å². The quantitative estimate of drug-likeness (QED) is 0.707. The van der Waals surface area contributed by atoms with E-state index >= 15 is 0 Å². The Labute approximate surface area is 98.4 Å². The number of hydrogen-bond donors (Lipinski definition) is 1. The summed E-state index contributed by atoms with van der Waals surface area (Å²) < 4.78 is 2.22. The number of nitrogens with zero attached hydrogens (tertiary/aromatic N) is 2. The Morgan fingerprint density at radius 2 is 2.31 bits per heavy atom. The van der Waals surface area contributed by atoms with Crippen molar-refractivity contribution in [1.82, 2.24) is 14.8 Å². The van der Waals surface area contributed by atoms with Crippen molar-refractivity contribution in [3.05, 3.63) is 24.0 Å². The molecule has 90 valence electrons. The fourth-order valence-electron chi connectivity index (χ4n) is 1.98.